The van der Waals surface area contributed by atoms with Gasteiger partial charge in [-0.25, -0.2) is 0 Å². The van der Waals surface area contributed by atoms with Gasteiger partial charge in [0.1, 0.15) is 6.10 Å². The van der Waals surface area contributed by atoms with Crippen molar-refractivity contribution in [1.82, 2.24) is 0 Å². The Morgan fingerprint density at radius 1 is 1.18 bits per heavy atom. The van der Waals surface area contributed by atoms with E-state index in [1.807, 2.05) is 48.6 Å². The van der Waals surface area contributed by atoms with Gasteiger partial charge in [-0.15, -0.1) is 0 Å². The number of hydrogen-bond donors (Lipinski definition) is 0. The molecule has 1 atom stereocenters. The summed E-state index contributed by atoms with van der Waals surface area (Å²) in [6.45, 7) is 0. The van der Waals surface area contributed by atoms with Crippen LogP contribution in [0.5, 0.6) is 0 Å². The molecule has 0 spiro atoms. The number of hydrogen-bond acceptors (Lipinski definition) is 2. The summed E-state index contributed by atoms with van der Waals surface area (Å²) < 4.78 is 5.41. The molecule has 1 unspecified atom stereocenters. The standard InChI is InChI=1S/C15H12O2/c16-15-10-9-11-5-1-2-6-12(11)13-7-3-4-8-14(13)17-15/h1-9,14H,10H2/b11-9?,13-12-. The predicted molar refractivity (Wildman–Crippen MR) is 66.3 cm³/mol. The second-order valence-corrected chi connectivity index (χ2v) is 4.11. The van der Waals surface area contributed by atoms with E-state index in [1.54, 1.807) is 0 Å². The zero-order valence-electron chi connectivity index (χ0n) is 9.30. The predicted octanol–water partition coefficient (Wildman–Crippen LogP) is 1.06. The first-order valence-electron chi connectivity index (χ1n) is 5.68. The highest BCUT2D eigenvalue weighted by Crippen LogP contribution is 2.16. The van der Waals surface area contributed by atoms with Crippen molar-refractivity contribution in [3.63, 3.8) is 0 Å². The van der Waals surface area contributed by atoms with Crippen molar-refractivity contribution >= 4 is 17.6 Å². The fourth-order valence-corrected chi connectivity index (χ4v) is 2.19. The van der Waals surface area contributed by atoms with Gasteiger partial charge < -0.3 is 4.74 Å². The first kappa shape index (κ1) is 10.1. The molecule has 2 nitrogen and oxygen atoms in total. The molecule has 1 aliphatic carbocycles. The topological polar surface area (TPSA) is 26.3 Å². The maximum absolute atomic E-state index is 11.6. The van der Waals surface area contributed by atoms with Crippen LogP contribution in [0.25, 0.3) is 11.6 Å². The molecule has 0 radical (unpaired) electrons. The van der Waals surface area contributed by atoms with Crippen LogP contribution in [0.1, 0.15) is 6.42 Å². The van der Waals surface area contributed by atoms with Gasteiger partial charge in [-0.2, -0.15) is 0 Å². The van der Waals surface area contributed by atoms with Gasteiger partial charge in [-0.05, 0) is 16.5 Å². The van der Waals surface area contributed by atoms with Crippen molar-refractivity contribution < 1.29 is 9.53 Å². The summed E-state index contributed by atoms with van der Waals surface area (Å²) in [5, 5.41) is 2.25. The maximum Gasteiger partial charge on any atom is 0.310 e. The second-order valence-electron chi connectivity index (χ2n) is 4.11. The number of carbonyl (C=O) groups is 1. The number of esters is 1. The van der Waals surface area contributed by atoms with Crippen LogP contribution in [-0.4, -0.2) is 12.1 Å². The molecule has 0 amide bonds. The lowest BCUT2D eigenvalue weighted by Crippen LogP contribution is -2.34. The molecule has 0 saturated heterocycles. The van der Waals surface area contributed by atoms with Gasteiger partial charge in [0, 0.05) is 5.57 Å². The largest absolute Gasteiger partial charge is 0.453 e. The molecule has 0 N–H and O–H groups in total. The van der Waals surface area contributed by atoms with E-state index in [1.165, 1.54) is 0 Å². The van der Waals surface area contributed by atoms with Crippen molar-refractivity contribution in [2.75, 3.05) is 0 Å². The smallest absolute Gasteiger partial charge is 0.310 e. The lowest BCUT2D eigenvalue weighted by molar-refractivity contribution is -0.143. The van der Waals surface area contributed by atoms with Crippen molar-refractivity contribution in [2.45, 2.75) is 12.5 Å². The zero-order valence-corrected chi connectivity index (χ0v) is 9.30. The third-order valence-corrected chi connectivity index (χ3v) is 3.00. The molecular formula is C15H12O2. The Bertz CT molecular complexity index is 635. The average Bonchev–Trinajstić information content (AvgIpc) is 2.36. The lowest BCUT2D eigenvalue weighted by atomic mass is 9.99. The van der Waals surface area contributed by atoms with Crippen LogP contribution in [0.4, 0.5) is 0 Å². The molecule has 2 heteroatoms. The fourth-order valence-electron chi connectivity index (χ4n) is 2.19. The summed E-state index contributed by atoms with van der Waals surface area (Å²) in [4.78, 5) is 11.6. The Kier molecular flexibility index (Phi) is 2.41. The molecule has 3 rings (SSSR count). The second kappa shape index (κ2) is 4.06. The first-order chi connectivity index (χ1) is 8.34. The molecule has 1 aromatic carbocycles. The van der Waals surface area contributed by atoms with E-state index >= 15 is 0 Å². The Hall–Kier alpha value is -2.09. The van der Waals surface area contributed by atoms with Gasteiger partial charge >= 0.3 is 5.97 Å². The Morgan fingerprint density at radius 3 is 3.00 bits per heavy atom. The quantitative estimate of drug-likeness (QED) is 0.616. The number of ether oxygens (including phenoxy) is 1. The van der Waals surface area contributed by atoms with Crippen LogP contribution in [0.2, 0.25) is 0 Å². The summed E-state index contributed by atoms with van der Waals surface area (Å²) in [7, 11) is 0. The van der Waals surface area contributed by atoms with Crippen molar-refractivity contribution in [3.05, 3.63) is 59.0 Å². The lowest BCUT2D eigenvalue weighted by Gasteiger charge is -2.19. The van der Waals surface area contributed by atoms with Crippen LogP contribution in [-0.2, 0) is 9.53 Å². The zero-order chi connectivity index (χ0) is 11.7. The minimum Gasteiger partial charge on any atom is -0.453 e. The van der Waals surface area contributed by atoms with Crippen LogP contribution in [0.15, 0.2) is 48.6 Å². The highest BCUT2D eigenvalue weighted by Gasteiger charge is 2.18. The molecule has 2 aliphatic rings. The Morgan fingerprint density at radius 2 is 2.06 bits per heavy atom. The van der Waals surface area contributed by atoms with Gasteiger partial charge in [-0.1, -0.05) is 48.6 Å². The van der Waals surface area contributed by atoms with E-state index in [4.69, 9.17) is 4.74 Å². The fraction of sp³-hybridized carbons (Fsp3) is 0.133. The SMILES string of the molecule is O=C1CC=c2cccc/c2=C2\C=CC=CC2O1. The first-order valence-corrected chi connectivity index (χ1v) is 5.68. The minimum absolute atomic E-state index is 0.179. The van der Waals surface area contributed by atoms with E-state index in [0.29, 0.717) is 6.42 Å². The third-order valence-electron chi connectivity index (χ3n) is 3.00. The summed E-state index contributed by atoms with van der Waals surface area (Å²) >= 11 is 0. The molecule has 0 fully saturated rings. The molecule has 1 aromatic rings. The van der Waals surface area contributed by atoms with Gasteiger partial charge in [0.2, 0.25) is 0 Å². The number of allylic oxidation sites excluding steroid dienone is 2. The average molecular weight is 224 g/mol. The molecular weight excluding hydrogens is 212 g/mol. The normalized spacial score (nSPS) is 24.9. The van der Waals surface area contributed by atoms with Crippen LogP contribution < -0.4 is 10.4 Å². The van der Waals surface area contributed by atoms with E-state index in [-0.39, 0.29) is 12.1 Å². The highest BCUT2D eigenvalue weighted by atomic mass is 16.5. The molecule has 17 heavy (non-hydrogen) atoms. The van der Waals surface area contributed by atoms with E-state index in [2.05, 4.69) is 6.07 Å². The van der Waals surface area contributed by atoms with Gasteiger partial charge in [0.15, 0.2) is 0 Å². The van der Waals surface area contributed by atoms with Gasteiger partial charge in [-0.3, -0.25) is 4.79 Å². The van der Waals surface area contributed by atoms with Crippen LogP contribution in [0.3, 0.4) is 0 Å². The summed E-state index contributed by atoms with van der Waals surface area (Å²) in [6, 6.07) is 8.09. The van der Waals surface area contributed by atoms with Gasteiger partial charge in [0.05, 0.1) is 6.42 Å². The number of carbonyl (C=O) groups excluding carboxylic acids is 1. The summed E-state index contributed by atoms with van der Waals surface area (Å²) in [5.41, 5.74) is 1.05. The third kappa shape index (κ3) is 1.82. The van der Waals surface area contributed by atoms with Crippen molar-refractivity contribution in [2.24, 2.45) is 0 Å². The molecule has 1 heterocycles. The minimum atomic E-state index is -0.248. The van der Waals surface area contributed by atoms with Crippen molar-refractivity contribution in [3.8, 4) is 0 Å². The summed E-state index contributed by atoms with van der Waals surface area (Å²) in [6.07, 6.45) is 9.81. The maximum atomic E-state index is 11.6. The molecule has 84 valence electrons. The number of fused-ring (bicyclic) bond motifs is 2. The van der Waals surface area contributed by atoms with Gasteiger partial charge in [0.25, 0.3) is 0 Å². The highest BCUT2D eigenvalue weighted by molar-refractivity contribution is 5.79. The van der Waals surface area contributed by atoms with Crippen LogP contribution >= 0.6 is 0 Å². The summed E-state index contributed by atoms with van der Waals surface area (Å²) in [5.74, 6) is -0.179. The van der Waals surface area contributed by atoms with Crippen LogP contribution in [0, 0.1) is 0 Å². The van der Waals surface area contributed by atoms with E-state index in [0.717, 1.165) is 16.0 Å². The number of benzene rings is 1. The van der Waals surface area contributed by atoms with Crippen molar-refractivity contribution in [1.29, 1.82) is 0 Å². The molecule has 0 aromatic heterocycles. The van der Waals surface area contributed by atoms with E-state index < -0.39 is 0 Å². The number of rotatable bonds is 0. The Labute approximate surface area is 99.2 Å². The molecule has 0 bridgehead atoms. The molecule has 1 aliphatic heterocycles. The van der Waals surface area contributed by atoms with E-state index in [9.17, 15) is 4.79 Å². The monoisotopic (exact) mass is 224 g/mol. The Balaban J connectivity index is 2.35. The molecule has 0 saturated carbocycles.